The van der Waals surface area contributed by atoms with E-state index in [1.807, 2.05) is 29.2 Å². The molecule has 0 saturated carbocycles. The lowest BCUT2D eigenvalue weighted by Crippen LogP contribution is -2.41. The maximum absolute atomic E-state index is 12.3. The van der Waals surface area contributed by atoms with Gasteiger partial charge in [-0.3, -0.25) is 4.79 Å². The molecule has 0 spiro atoms. The van der Waals surface area contributed by atoms with Crippen LogP contribution in [0.4, 0.5) is 0 Å². The van der Waals surface area contributed by atoms with Gasteiger partial charge in [0.15, 0.2) is 0 Å². The quantitative estimate of drug-likeness (QED) is 0.533. The van der Waals surface area contributed by atoms with E-state index in [4.69, 9.17) is 22.1 Å². The van der Waals surface area contributed by atoms with Crippen molar-refractivity contribution < 1.29 is 9.53 Å². The predicted molar refractivity (Wildman–Crippen MR) is 101 cm³/mol. The lowest BCUT2D eigenvalue weighted by Gasteiger charge is -2.32. The van der Waals surface area contributed by atoms with Crippen LogP contribution in [0.1, 0.15) is 32.1 Å². The number of thioether (sulfide) groups is 1. The second kappa shape index (κ2) is 11.0. The van der Waals surface area contributed by atoms with Crippen molar-refractivity contribution in [1.82, 2.24) is 4.90 Å². The summed E-state index contributed by atoms with van der Waals surface area (Å²) >= 11 is 7.64. The zero-order chi connectivity index (χ0) is 17.2. The van der Waals surface area contributed by atoms with E-state index in [9.17, 15) is 4.79 Å². The van der Waals surface area contributed by atoms with Gasteiger partial charge in [0.1, 0.15) is 0 Å². The zero-order valence-corrected chi connectivity index (χ0v) is 15.7. The summed E-state index contributed by atoms with van der Waals surface area (Å²) in [5, 5.41) is 0.755. The molecular weight excluding hydrogens is 344 g/mol. The topological polar surface area (TPSA) is 55.6 Å². The summed E-state index contributed by atoms with van der Waals surface area (Å²) in [6, 6.07) is 7.83. The third-order valence-electron chi connectivity index (χ3n) is 4.11. The number of amides is 1. The van der Waals surface area contributed by atoms with E-state index >= 15 is 0 Å². The summed E-state index contributed by atoms with van der Waals surface area (Å²) in [6.45, 7) is 3.04. The highest BCUT2D eigenvalue weighted by Crippen LogP contribution is 2.22. The molecule has 1 fully saturated rings. The van der Waals surface area contributed by atoms with Gasteiger partial charge < -0.3 is 15.4 Å². The van der Waals surface area contributed by atoms with Gasteiger partial charge in [0, 0.05) is 36.0 Å². The fraction of sp³-hybridized carbons (Fsp3) is 0.611. The molecular formula is C18H27ClN2O2S. The number of nitrogens with two attached hydrogens (primary N) is 1. The Bertz CT molecular complexity index is 490. The monoisotopic (exact) mass is 370 g/mol. The van der Waals surface area contributed by atoms with Gasteiger partial charge in [-0.05, 0) is 62.2 Å². The summed E-state index contributed by atoms with van der Waals surface area (Å²) in [6.07, 6.45) is 4.61. The molecule has 1 heterocycles. The van der Waals surface area contributed by atoms with Gasteiger partial charge >= 0.3 is 0 Å². The second-order valence-corrected chi connectivity index (χ2v) is 7.60. The molecule has 1 aliphatic heterocycles. The highest BCUT2D eigenvalue weighted by molar-refractivity contribution is 7.99. The molecule has 0 unspecified atom stereocenters. The molecule has 6 heteroatoms. The van der Waals surface area contributed by atoms with Crippen molar-refractivity contribution in [3.05, 3.63) is 29.3 Å². The van der Waals surface area contributed by atoms with Crippen LogP contribution in [-0.4, -0.2) is 48.9 Å². The summed E-state index contributed by atoms with van der Waals surface area (Å²) in [5.74, 6) is 1.22. The Labute approximate surface area is 154 Å². The van der Waals surface area contributed by atoms with E-state index in [0.29, 0.717) is 19.1 Å². The average Bonchev–Trinajstić information content (AvgIpc) is 2.61. The maximum Gasteiger partial charge on any atom is 0.222 e. The first kappa shape index (κ1) is 19.6. The van der Waals surface area contributed by atoms with Crippen molar-refractivity contribution in [2.45, 2.75) is 43.1 Å². The highest BCUT2D eigenvalue weighted by Gasteiger charge is 2.22. The number of hydrogen-bond acceptors (Lipinski definition) is 4. The Morgan fingerprint density at radius 2 is 1.96 bits per heavy atom. The van der Waals surface area contributed by atoms with Crippen molar-refractivity contribution in [3.8, 4) is 0 Å². The minimum atomic E-state index is 0.270. The van der Waals surface area contributed by atoms with Crippen LogP contribution >= 0.6 is 23.4 Å². The minimum absolute atomic E-state index is 0.270. The van der Waals surface area contributed by atoms with Crippen molar-refractivity contribution in [2.75, 3.05) is 32.0 Å². The Morgan fingerprint density at radius 3 is 2.62 bits per heavy atom. The third-order valence-corrected chi connectivity index (χ3v) is 5.46. The second-order valence-electron chi connectivity index (χ2n) is 6.00. The number of carbonyl (C=O) groups is 1. The van der Waals surface area contributed by atoms with Gasteiger partial charge in [0.2, 0.25) is 5.91 Å². The fourth-order valence-electron chi connectivity index (χ4n) is 2.71. The molecule has 24 heavy (non-hydrogen) atoms. The molecule has 0 aliphatic carbocycles. The normalized spacial score (nSPS) is 15.7. The molecule has 2 N–H and O–H groups in total. The van der Waals surface area contributed by atoms with Crippen molar-refractivity contribution in [3.63, 3.8) is 0 Å². The number of nitrogens with zero attached hydrogens (tertiary/aromatic N) is 1. The van der Waals surface area contributed by atoms with Crippen molar-refractivity contribution in [2.24, 2.45) is 5.73 Å². The van der Waals surface area contributed by atoms with Crippen LogP contribution in [0.25, 0.3) is 0 Å². The molecule has 1 aliphatic rings. The van der Waals surface area contributed by atoms with E-state index in [0.717, 1.165) is 56.2 Å². The van der Waals surface area contributed by atoms with Gasteiger partial charge in [-0.25, -0.2) is 0 Å². The lowest BCUT2D eigenvalue weighted by molar-refractivity contribution is -0.133. The SMILES string of the molecule is NCCCOC1CCN(C(=O)CCCSc2ccc(Cl)cc2)CC1. The smallest absolute Gasteiger partial charge is 0.222 e. The number of piperidine rings is 1. The predicted octanol–water partition coefficient (Wildman–Crippen LogP) is 3.57. The van der Waals surface area contributed by atoms with Crippen molar-refractivity contribution in [1.29, 1.82) is 0 Å². The first-order valence-corrected chi connectivity index (χ1v) is 10.0. The Morgan fingerprint density at radius 1 is 1.25 bits per heavy atom. The van der Waals surface area contributed by atoms with Crippen LogP contribution in [0.3, 0.4) is 0 Å². The molecule has 134 valence electrons. The van der Waals surface area contributed by atoms with Gasteiger partial charge in [-0.2, -0.15) is 0 Å². The summed E-state index contributed by atoms with van der Waals surface area (Å²) in [7, 11) is 0. The molecule has 1 aromatic carbocycles. The van der Waals surface area contributed by atoms with E-state index in [1.165, 1.54) is 4.90 Å². The van der Waals surface area contributed by atoms with Gasteiger partial charge in [0.25, 0.3) is 0 Å². The number of hydrogen-bond donors (Lipinski definition) is 1. The number of likely N-dealkylation sites (tertiary alicyclic amines) is 1. The van der Waals surface area contributed by atoms with Crippen LogP contribution in [0, 0.1) is 0 Å². The number of halogens is 1. The Kier molecular flexibility index (Phi) is 8.95. The summed E-state index contributed by atoms with van der Waals surface area (Å²) in [5.41, 5.74) is 5.47. The van der Waals surface area contributed by atoms with Crippen LogP contribution in [0.15, 0.2) is 29.2 Å². The lowest BCUT2D eigenvalue weighted by atomic mass is 10.1. The minimum Gasteiger partial charge on any atom is -0.378 e. The standard InChI is InChI=1S/C18H27ClN2O2S/c19-15-4-6-17(7-5-15)24-14-1-3-18(22)21-11-8-16(9-12-21)23-13-2-10-20/h4-7,16H,1-3,8-14,20H2. The maximum atomic E-state index is 12.3. The van der Waals surface area contributed by atoms with E-state index < -0.39 is 0 Å². The molecule has 0 aromatic heterocycles. The molecule has 4 nitrogen and oxygen atoms in total. The van der Waals surface area contributed by atoms with Crippen LogP contribution < -0.4 is 5.73 Å². The average molecular weight is 371 g/mol. The zero-order valence-electron chi connectivity index (χ0n) is 14.1. The number of carbonyl (C=O) groups excluding carboxylic acids is 1. The summed E-state index contributed by atoms with van der Waals surface area (Å²) in [4.78, 5) is 15.4. The van der Waals surface area contributed by atoms with E-state index in [-0.39, 0.29) is 5.91 Å². The third kappa shape index (κ3) is 7.01. The van der Waals surface area contributed by atoms with Gasteiger partial charge in [-0.15, -0.1) is 11.8 Å². The Balaban J connectivity index is 1.57. The molecule has 0 radical (unpaired) electrons. The largest absolute Gasteiger partial charge is 0.378 e. The Hall–Kier alpha value is -0.750. The van der Waals surface area contributed by atoms with Gasteiger partial charge in [0.05, 0.1) is 6.10 Å². The van der Waals surface area contributed by atoms with E-state index in [1.54, 1.807) is 11.8 Å². The van der Waals surface area contributed by atoms with Crippen molar-refractivity contribution >= 4 is 29.3 Å². The molecule has 1 saturated heterocycles. The number of rotatable bonds is 9. The molecule has 1 aromatic rings. The molecule has 0 bridgehead atoms. The van der Waals surface area contributed by atoms with Crippen LogP contribution in [0.5, 0.6) is 0 Å². The molecule has 1 amide bonds. The number of ether oxygens (including phenoxy) is 1. The fourth-order valence-corrected chi connectivity index (χ4v) is 3.69. The van der Waals surface area contributed by atoms with Gasteiger partial charge in [-0.1, -0.05) is 11.6 Å². The highest BCUT2D eigenvalue weighted by atomic mass is 35.5. The summed E-state index contributed by atoms with van der Waals surface area (Å²) < 4.78 is 5.78. The first-order valence-electron chi connectivity index (χ1n) is 8.67. The molecule has 2 rings (SSSR count). The van der Waals surface area contributed by atoms with E-state index in [2.05, 4.69) is 0 Å². The molecule has 0 atom stereocenters. The van der Waals surface area contributed by atoms with Crippen LogP contribution in [-0.2, 0) is 9.53 Å². The van der Waals surface area contributed by atoms with Crippen LogP contribution in [0.2, 0.25) is 5.02 Å². The number of benzene rings is 1. The first-order chi connectivity index (χ1) is 11.7.